The monoisotopic (exact) mass is 422 g/mol. The van der Waals surface area contributed by atoms with Crippen molar-refractivity contribution < 1.29 is 14.0 Å². The lowest BCUT2D eigenvalue weighted by Gasteiger charge is -2.35. The van der Waals surface area contributed by atoms with Gasteiger partial charge in [-0.2, -0.15) is 5.10 Å². The standard InChI is InChI=1S/C24H27FN4O2/c1-17(30)26-27-23(14-18-6-8-21(25)9-7-18)28-12-10-19(11-13-28)15-29-16-20-4-2-3-5-22(20)24(29)31/h2-9,19H,10-16H2,1H3,(H,26,30). The third-order valence-electron chi connectivity index (χ3n) is 5.97. The summed E-state index contributed by atoms with van der Waals surface area (Å²) in [5, 5.41) is 4.32. The van der Waals surface area contributed by atoms with Crippen molar-refractivity contribution in [1.82, 2.24) is 15.2 Å². The zero-order chi connectivity index (χ0) is 21.8. The predicted molar refractivity (Wildman–Crippen MR) is 117 cm³/mol. The van der Waals surface area contributed by atoms with Crippen LogP contribution in [0.5, 0.6) is 0 Å². The Balaban J connectivity index is 1.36. The van der Waals surface area contributed by atoms with Gasteiger partial charge in [-0.3, -0.25) is 9.59 Å². The number of halogens is 1. The highest BCUT2D eigenvalue weighted by atomic mass is 19.1. The molecule has 0 saturated carbocycles. The molecule has 0 radical (unpaired) electrons. The fourth-order valence-corrected chi connectivity index (χ4v) is 4.30. The molecule has 0 aromatic heterocycles. The SMILES string of the molecule is CC(=O)NN=C(Cc1ccc(F)cc1)N1CCC(CN2Cc3ccccc3C2=O)CC1. The molecule has 6 nitrogen and oxygen atoms in total. The zero-order valence-corrected chi connectivity index (χ0v) is 17.7. The number of likely N-dealkylation sites (tertiary alicyclic amines) is 1. The first kappa shape index (κ1) is 21.0. The van der Waals surface area contributed by atoms with Crippen LogP contribution < -0.4 is 5.43 Å². The molecule has 2 aromatic rings. The van der Waals surface area contributed by atoms with E-state index in [9.17, 15) is 14.0 Å². The summed E-state index contributed by atoms with van der Waals surface area (Å²) < 4.78 is 13.2. The van der Waals surface area contributed by atoms with E-state index in [0.717, 1.165) is 55.0 Å². The van der Waals surface area contributed by atoms with Crippen molar-refractivity contribution in [2.45, 2.75) is 32.7 Å². The Kier molecular flexibility index (Phi) is 6.30. The number of carbonyl (C=O) groups excluding carboxylic acids is 2. The minimum Gasteiger partial charge on any atom is -0.358 e. The molecule has 0 aliphatic carbocycles. The van der Waals surface area contributed by atoms with Gasteiger partial charge in [0.15, 0.2) is 0 Å². The summed E-state index contributed by atoms with van der Waals surface area (Å²) in [5.41, 5.74) is 5.41. The molecular weight excluding hydrogens is 395 g/mol. The second-order valence-electron chi connectivity index (χ2n) is 8.27. The van der Waals surface area contributed by atoms with Gasteiger partial charge in [-0.1, -0.05) is 30.3 Å². The molecule has 2 amide bonds. The maximum Gasteiger partial charge on any atom is 0.254 e. The maximum absolute atomic E-state index is 13.2. The van der Waals surface area contributed by atoms with Crippen LogP contribution in [0.25, 0.3) is 0 Å². The summed E-state index contributed by atoms with van der Waals surface area (Å²) in [7, 11) is 0. The highest BCUT2D eigenvalue weighted by Crippen LogP contribution is 2.26. The van der Waals surface area contributed by atoms with E-state index < -0.39 is 0 Å². The summed E-state index contributed by atoms with van der Waals surface area (Å²) >= 11 is 0. The Hall–Kier alpha value is -3.22. The number of benzene rings is 2. The fraction of sp³-hybridized carbons (Fsp3) is 0.375. The van der Waals surface area contributed by atoms with Gasteiger partial charge in [0.25, 0.3) is 5.91 Å². The molecule has 0 bridgehead atoms. The van der Waals surface area contributed by atoms with Gasteiger partial charge in [0, 0.05) is 45.1 Å². The molecule has 1 fully saturated rings. The molecule has 2 aliphatic heterocycles. The maximum atomic E-state index is 13.2. The highest BCUT2D eigenvalue weighted by molar-refractivity contribution is 5.98. The van der Waals surface area contributed by atoms with Gasteiger partial charge in [-0.15, -0.1) is 0 Å². The highest BCUT2D eigenvalue weighted by Gasteiger charge is 2.30. The van der Waals surface area contributed by atoms with Gasteiger partial charge in [0.1, 0.15) is 11.7 Å². The minimum atomic E-state index is -0.275. The molecule has 0 spiro atoms. The number of hydrazone groups is 1. The molecule has 162 valence electrons. The zero-order valence-electron chi connectivity index (χ0n) is 17.7. The molecular formula is C24H27FN4O2. The average molecular weight is 423 g/mol. The smallest absolute Gasteiger partial charge is 0.254 e. The predicted octanol–water partition coefficient (Wildman–Crippen LogP) is 3.19. The first-order valence-electron chi connectivity index (χ1n) is 10.7. The lowest BCUT2D eigenvalue weighted by Crippen LogP contribution is -2.43. The first-order chi connectivity index (χ1) is 15.0. The normalized spacial score (nSPS) is 17.1. The largest absolute Gasteiger partial charge is 0.358 e. The van der Waals surface area contributed by atoms with E-state index in [4.69, 9.17) is 0 Å². The molecule has 4 rings (SSSR count). The Bertz CT molecular complexity index is 981. The molecule has 2 aromatic carbocycles. The van der Waals surface area contributed by atoms with Crippen LogP contribution in [0.3, 0.4) is 0 Å². The van der Waals surface area contributed by atoms with Crippen LogP contribution in [0.1, 0.15) is 41.3 Å². The number of rotatable bonds is 5. The van der Waals surface area contributed by atoms with Crippen LogP contribution in [0.2, 0.25) is 0 Å². The second-order valence-corrected chi connectivity index (χ2v) is 8.27. The molecule has 2 aliphatic rings. The van der Waals surface area contributed by atoms with E-state index in [2.05, 4.69) is 15.4 Å². The van der Waals surface area contributed by atoms with Crippen molar-refractivity contribution in [3.05, 3.63) is 71.0 Å². The summed E-state index contributed by atoms with van der Waals surface area (Å²) in [6, 6.07) is 14.2. The summed E-state index contributed by atoms with van der Waals surface area (Å²) in [6.07, 6.45) is 2.41. The topological polar surface area (TPSA) is 65.0 Å². The first-order valence-corrected chi connectivity index (χ1v) is 10.7. The van der Waals surface area contributed by atoms with Gasteiger partial charge >= 0.3 is 0 Å². The number of nitrogens with one attached hydrogen (secondary N) is 1. The van der Waals surface area contributed by atoms with Crippen LogP contribution >= 0.6 is 0 Å². The summed E-state index contributed by atoms with van der Waals surface area (Å²) in [6.45, 7) is 4.49. The molecule has 31 heavy (non-hydrogen) atoms. The van der Waals surface area contributed by atoms with Crippen LogP contribution in [-0.2, 0) is 17.8 Å². The van der Waals surface area contributed by atoms with Gasteiger partial charge < -0.3 is 9.80 Å². The van der Waals surface area contributed by atoms with Crippen molar-refractivity contribution in [1.29, 1.82) is 0 Å². The number of nitrogens with zero attached hydrogens (tertiary/aromatic N) is 3. The van der Waals surface area contributed by atoms with Gasteiger partial charge in [-0.25, -0.2) is 9.82 Å². The van der Waals surface area contributed by atoms with Crippen molar-refractivity contribution >= 4 is 17.6 Å². The van der Waals surface area contributed by atoms with E-state index >= 15 is 0 Å². The van der Waals surface area contributed by atoms with Gasteiger partial charge in [-0.05, 0) is 48.1 Å². The van der Waals surface area contributed by atoms with Crippen LogP contribution in [-0.4, -0.2) is 47.1 Å². The fourth-order valence-electron chi connectivity index (χ4n) is 4.30. The lowest BCUT2D eigenvalue weighted by atomic mass is 9.95. The number of hydrogen-bond acceptors (Lipinski definition) is 3. The number of carbonyl (C=O) groups is 2. The number of fused-ring (bicyclic) bond motifs is 1. The number of amidine groups is 1. The Morgan fingerprint density at radius 1 is 1.13 bits per heavy atom. The molecule has 0 atom stereocenters. The third-order valence-corrected chi connectivity index (χ3v) is 5.97. The van der Waals surface area contributed by atoms with Gasteiger partial charge in [0.2, 0.25) is 5.91 Å². The van der Waals surface area contributed by atoms with E-state index in [-0.39, 0.29) is 17.6 Å². The minimum absolute atomic E-state index is 0.127. The third kappa shape index (κ3) is 5.10. The quantitative estimate of drug-likeness (QED) is 0.457. The second kappa shape index (κ2) is 9.29. The molecule has 7 heteroatoms. The molecule has 1 N–H and O–H groups in total. The van der Waals surface area contributed by atoms with Crippen molar-refractivity contribution in [3.63, 3.8) is 0 Å². The van der Waals surface area contributed by atoms with Gasteiger partial charge in [0.05, 0.1) is 0 Å². The lowest BCUT2D eigenvalue weighted by molar-refractivity contribution is -0.118. The van der Waals surface area contributed by atoms with Crippen molar-refractivity contribution in [2.24, 2.45) is 11.0 Å². The van der Waals surface area contributed by atoms with Crippen molar-refractivity contribution in [2.75, 3.05) is 19.6 Å². The number of hydrogen-bond donors (Lipinski definition) is 1. The molecule has 0 unspecified atom stereocenters. The van der Waals surface area contributed by atoms with Crippen LogP contribution in [0.15, 0.2) is 53.6 Å². The number of piperidine rings is 1. The Labute approximate surface area is 181 Å². The Morgan fingerprint density at radius 2 is 1.84 bits per heavy atom. The summed E-state index contributed by atoms with van der Waals surface area (Å²) in [4.78, 5) is 28.2. The Morgan fingerprint density at radius 3 is 2.52 bits per heavy atom. The van der Waals surface area contributed by atoms with Crippen molar-refractivity contribution in [3.8, 4) is 0 Å². The van der Waals surface area contributed by atoms with E-state index in [1.807, 2.05) is 29.2 Å². The molecule has 2 heterocycles. The average Bonchev–Trinajstić information content (AvgIpc) is 3.08. The summed E-state index contributed by atoms with van der Waals surface area (Å²) in [5.74, 6) is 0.830. The van der Waals surface area contributed by atoms with E-state index in [0.29, 0.717) is 18.9 Å². The number of amides is 2. The van der Waals surface area contributed by atoms with Crippen LogP contribution in [0, 0.1) is 11.7 Å². The van der Waals surface area contributed by atoms with E-state index in [1.165, 1.54) is 19.1 Å². The molecule has 1 saturated heterocycles. The van der Waals surface area contributed by atoms with Crippen LogP contribution in [0.4, 0.5) is 4.39 Å². The van der Waals surface area contributed by atoms with E-state index in [1.54, 1.807) is 12.1 Å².